The SMILES string of the molecule is CC1(CCC(=O)NC(CCN=[N+]=N)C(=O)O)N=N1.COc1ccc(CC(N)C(=O)NC2C(CO)OC(n3cnc4c(N(C)C)ncnc43)C2O)cc1.COc1ccc(CC(NC(=O)C(CCN=[N+]=N)NC(=O)CCC2(C)N=N2)C(=O)NC2C(CO)OC(n3cnc4c(N(C)C)ncnc43)C2O)cc1. The van der Waals surface area contributed by atoms with Crippen LogP contribution in [0.25, 0.3) is 22.3 Å². The second-order valence-electron chi connectivity index (χ2n) is 25.1. The first-order chi connectivity index (χ1) is 49.3. The van der Waals surface area contributed by atoms with Crippen molar-refractivity contribution in [1.82, 2.24) is 75.4 Å². The Bertz CT molecular complexity index is 4080. The number of aliphatic hydroxyl groups excluding tert-OH is 4. The van der Waals surface area contributed by atoms with Crippen molar-refractivity contribution in [1.29, 1.82) is 11.1 Å². The number of fused-ring (bicyclic) bond motifs is 2. The Kier molecular flexibility index (Phi) is 26.9. The van der Waals surface area contributed by atoms with E-state index in [1.54, 1.807) is 85.8 Å². The van der Waals surface area contributed by atoms with Gasteiger partial charge in [-0.1, -0.05) is 24.3 Å². The van der Waals surface area contributed by atoms with Gasteiger partial charge in [0.05, 0.1) is 58.2 Å². The fourth-order valence-corrected chi connectivity index (χ4v) is 11.0. The molecule has 41 nitrogen and oxygen atoms in total. The van der Waals surface area contributed by atoms with Gasteiger partial charge in [-0.25, -0.2) is 34.7 Å². The number of carbonyl (C=O) groups excluding carboxylic acids is 5. The van der Waals surface area contributed by atoms with Crippen molar-refractivity contribution in [2.75, 3.05) is 78.5 Å². The first kappa shape index (κ1) is 77.8. The molecule has 12 atom stereocenters. The van der Waals surface area contributed by atoms with Gasteiger partial charge in [-0.2, -0.15) is 20.5 Å². The van der Waals surface area contributed by atoms with E-state index in [0.29, 0.717) is 70.3 Å². The highest BCUT2D eigenvalue weighted by Crippen LogP contribution is 2.36. The summed E-state index contributed by atoms with van der Waals surface area (Å²) in [5.74, 6) is -1.27. The highest BCUT2D eigenvalue weighted by molar-refractivity contribution is 5.93. The van der Waals surface area contributed by atoms with Crippen LogP contribution in [-0.2, 0) is 51.1 Å². The van der Waals surface area contributed by atoms with Crippen molar-refractivity contribution in [3.63, 3.8) is 0 Å². The maximum Gasteiger partial charge on any atom is 0.326 e. The van der Waals surface area contributed by atoms with E-state index < -0.39 is 127 Å². The predicted molar refractivity (Wildman–Crippen MR) is 360 cm³/mol. The predicted octanol–water partition coefficient (Wildman–Crippen LogP) is -0.584. The normalized spacial score (nSPS) is 21.1. The van der Waals surface area contributed by atoms with Gasteiger partial charge >= 0.3 is 5.97 Å². The molecule has 4 aliphatic heterocycles. The van der Waals surface area contributed by atoms with Crippen molar-refractivity contribution < 1.29 is 73.2 Å². The van der Waals surface area contributed by atoms with Crippen LogP contribution in [0.15, 0.2) is 105 Å². The molecule has 2 aromatic carbocycles. The summed E-state index contributed by atoms with van der Waals surface area (Å²) < 4.78 is 25.4. The van der Waals surface area contributed by atoms with Crippen LogP contribution in [0.2, 0.25) is 0 Å². The van der Waals surface area contributed by atoms with Crippen molar-refractivity contribution >= 4 is 69.5 Å². The van der Waals surface area contributed by atoms with Crippen LogP contribution in [-0.4, -0.2) is 241 Å². The van der Waals surface area contributed by atoms with E-state index in [-0.39, 0.29) is 51.1 Å². The molecule has 4 aliphatic rings. The number of carboxylic acids is 1. The monoisotopic (exact) mass is 1430 g/mol. The molecule has 0 bridgehead atoms. The maximum atomic E-state index is 14.0. The second kappa shape index (κ2) is 35.6. The molecule has 14 N–H and O–H groups in total. The Morgan fingerprint density at radius 2 is 1.03 bits per heavy atom. The number of nitrogens with one attached hydrogen (secondary N) is 7. The van der Waals surface area contributed by atoms with Crippen molar-refractivity contribution in [3.05, 3.63) is 85.0 Å². The molecular weight excluding hydrogens is 1350 g/mol. The minimum absolute atomic E-state index is 0.00421. The quantitative estimate of drug-likeness (QED) is 0.0181. The summed E-state index contributed by atoms with van der Waals surface area (Å²) in [5.41, 5.74) is 21.8. The number of carbonyl (C=O) groups is 6. The molecule has 0 spiro atoms. The molecule has 103 heavy (non-hydrogen) atoms. The molecule has 552 valence electrons. The smallest absolute Gasteiger partial charge is 0.326 e. The van der Waals surface area contributed by atoms with Crippen molar-refractivity contribution in [2.45, 2.75) is 150 Å². The highest BCUT2D eigenvalue weighted by Gasteiger charge is 2.48. The van der Waals surface area contributed by atoms with Crippen LogP contribution < -0.4 is 61.4 Å². The van der Waals surface area contributed by atoms with Gasteiger partial charge in [0.25, 0.3) is 0 Å². The number of anilines is 2. The lowest BCUT2D eigenvalue weighted by atomic mass is 10.0. The van der Waals surface area contributed by atoms with Gasteiger partial charge in [0.1, 0.15) is 101 Å². The van der Waals surface area contributed by atoms with Crippen LogP contribution in [0.5, 0.6) is 11.5 Å². The average Bonchev–Trinajstić information content (AvgIpc) is 1.62. The number of nitrogens with two attached hydrogens (primary N) is 1. The van der Waals surface area contributed by atoms with E-state index in [4.69, 9.17) is 40.8 Å². The van der Waals surface area contributed by atoms with Gasteiger partial charge < -0.3 is 86.6 Å². The van der Waals surface area contributed by atoms with Gasteiger partial charge in [0, 0.05) is 73.1 Å². The number of hydrogen-bond donors (Lipinski definition) is 13. The standard InChI is InChI=1S/C31H41N13O7.C22H29N7O5.C9H14N6O3/c1-31(40-41-31)11-9-22(46)37-19(10-12-36-42-32)28(48)38-20(13-17-5-7-18(50-4)8-6-17)29(49)39-23-21(14-45)51-30(25(23)47)44-16-35-24-26(43(2)3)33-15-34-27(24)44;1-28(2)19-17-20(25-10-24-19)29(11-26-17)22-18(31)16(15(9-30)34-22)27-21(32)14(23)8-12-4-6-13(33-3)7-5-12;1-9(13-14-9)4-2-7(16)12-6(8(17)18)3-5-11-15-10/h5-8,15-16,19-21,23,25,30,32,45,47H,9-14H2,1-4H3,(H2-,37,38,39,46,48,49);4-7,10-11,14-16,18,22,30-31H,8-9,23H2,1-3H3,(H,27,32);6,10H,2-5H2,1H3,(H-,12,16,17,18)/p+2. The minimum Gasteiger partial charge on any atom is -0.497 e. The van der Waals surface area contributed by atoms with E-state index in [1.807, 2.05) is 26.2 Å². The molecule has 4 aromatic heterocycles. The Labute approximate surface area is 588 Å². The van der Waals surface area contributed by atoms with Crippen molar-refractivity contribution in [3.8, 4) is 11.5 Å². The molecule has 2 fully saturated rings. The maximum absolute atomic E-state index is 14.0. The number of carboxylic acid groups (broad SMARTS) is 1. The molecule has 5 amide bonds. The summed E-state index contributed by atoms with van der Waals surface area (Å²) in [6, 6.07) is 7.97. The topological polar surface area (TPSA) is 570 Å². The number of methoxy groups -OCH3 is 2. The second-order valence-corrected chi connectivity index (χ2v) is 25.1. The van der Waals surface area contributed by atoms with Crippen molar-refractivity contribution in [2.24, 2.45) is 36.4 Å². The minimum atomic E-state index is -1.37. The number of benzene rings is 2. The molecule has 41 heteroatoms. The van der Waals surface area contributed by atoms with E-state index in [0.717, 1.165) is 5.56 Å². The number of aromatic nitrogens is 8. The summed E-state index contributed by atoms with van der Waals surface area (Å²) in [7, 11) is 10.4. The van der Waals surface area contributed by atoms with Crippen LogP contribution in [0.4, 0.5) is 11.6 Å². The third kappa shape index (κ3) is 20.7. The van der Waals surface area contributed by atoms with Crippen LogP contribution in [0.1, 0.15) is 76.0 Å². The van der Waals surface area contributed by atoms with E-state index in [2.05, 4.69) is 97.0 Å². The van der Waals surface area contributed by atoms with Crippen LogP contribution in [0, 0.1) is 11.1 Å². The number of aliphatic hydroxyl groups is 4. The molecule has 12 unspecified atom stereocenters. The molecule has 10 rings (SSSR count). The summed E-state index contributed by atoms with van der Waals surface area (Å²) in [6.45, 7) is 2.68. The fraction of sp³-hybridized carbons (Fsp3) is 0.548. The summed E-state index contributed by atoms with van der Waals surface area (Å²) in [4.78, 5) is 111. The van der Waals surface area contributed by atoms with E-state index in [9.17, 15) is 49.2 Å². The molecule has 0 radical (unpaired) electrons. The third-order valence-corrected chi connectivity index (χ3v) is 17.0. The third-order valence-electron chi connectivity index (χ3n) is 17.0. The van der Waals surface area contributed by atoms with Gasteiger partial charge in [0.2, 0.25) is 39.4 Å². The number of amides is 5. The van der Waals surface area contributed by atoms with Gasteiger partial charge in [-0.05, 0) is 55.7 Å². The largest absolute Gasteiger partial charge is 0.497 e. The zero-order valence-electron chi connectivity index (χ0n) is 57.8. The van der Waals surface area contributed by atoms with Gasteiger partial charge in [0.15, 0.2) is 57.7 Å². The summed E-state index contributed by atoms with van der Waals surface area (Å²) >= 11 is 0. The number of hydrogen-bond acceptors (Lipinski definition) is 31. The Balaban J connectivity index is 0.000000221. The number of imidazole rings is 2. The van der Waals surface area contributed by atoms with E-state index >= 15 is 0 Å². The number of ether oxygens (including phenoxy) is 4. The van der Waals surface area contributed by atoms with Gasteiger partial charge in [-0.3, -0.25) is 33.1 Å². The fourth-order valence-electron chi connectivity index (χ4n) is 11.0. The van der Waals surface area contributed by atoms with Crippen LogP contribution >= 0.6 is 0 Å². The van der Waals surface area contributed by atoms with E-state index in [1.165, 1.54) is 37.0 Å². The molecule has 0 saturated carbocycles. The lowest BCUT2D eigenvalue weighted by Crippen LogP contribution is -2.58. The number of nitrogens with zero attached hydrogens (tertiary/aromatic N) is 18. The lowest BCUT2D eigenvalue weighted by Gasteiger charge is -2.26. The van der Waals surface area contributed by atoms with Gasteiger partial charge in [-0.15, -0.1) is 0 Å². The number of rotatable bonds is 33. The Morgan fingerprint density at radius 1 is 0.612 bits per heavy atom. The first-order valence-electron chi connectivity index (χ1n) is 32.5. The Morgan fingerprint density at radius 3 is 1.43 bits per heavy atom. The highest BCUT2D eigenvalue weighted by atomic mass is 16.6. The van der Waals surface area contributed by atoms with Crippen LogP contribution in [0.3, 0.4) is 0 Å². The summed E-state index contributed by atoms with van der Waals surface area (Å²) in [5, 5.41) is 87.1. The molecule has 8 heterocycles. The molecule has 0 aliphatic carbocycles. The first-order valence-corrected chi connectivity index (χ1v) is 32.5. The zero-order chi connectivity index (χ0) is 74.7. The lowest BCUT2D eigenvalue weighted by molar-refractivity contribution is -0.142. The molecule has 6 aromatic rings. The summed E-state index contributed by atoms with van der Waals surface area (Å²) in [6.07, 6.45) is 0.751. The molecule has 2 saturated heterocycles. The zero-order valence-corrected chi connectivity index (χ0v) is 57.8. The molecular formula is C62H86N26O15+2. The number of aliphatic carboxylic acids is 1. The average molecular weight is 1440 g/mol. The Hall–Kier alpha value is -10.9.